The first kappa shape index (κ1) is 16.6. The average Bonchev–Trinajstić information content (AvgIpc) is 3.05. The number of para-hydroxylation sites is 1. The SMILES string of the molecule is COc1ccccc1CCNC(=O)CCCCc1cccs1. The number of ether oxygens (including phenoxy) is 1. The van der Waals surface area contributed by atoms with Crippen LogP contribution < -0.4 is 10.1 Å². The van der Waals surface area contributed by atoms with Crippen molar-refractivity contribution in [1.29, 1.82) is 0 Å². The van der Waals surface area contributed by atoms with Gasteiger partial charge in [0.1, 0.15) is 5.75 Å². The number of thiophene rings is 1. The minimum absolute atomic E-state index is 0.140. The van der Waals surface area contributed by atoms with Crippen LogP contribution in [-0.2, 0) is 17.6 Å². The Bertz CT molecular complexity index is 566. The van der Waals surface area contributed by atoms with Gasteiger partial charge in [-0.2, -0.15) is 0 Å². The fourth-order valence-corrected chi connectivity index (χ4v) is 3.13. The molecule has 0 saturated carbocycles. The molecular weight excluding hydrogens is 294 g/mol. The zero-order valence-electron chi connectivity index (χ0n) is 13.0. The Labute approximate surface area is 136 Å². The molecule has 1 aromatic heterocycles. The van der Waals surface area contributed by atoms with Gasteiger partial charge < -0.3 is 10.1 Å². The molecule has 3 nitrogen and oxygen atoms in total. The van der Waals surface area contributed by atoms with Gasteiger partial charge in [-0.25, -0.2) is 0 Å². The number of hydrogen-bond donors (Lipinski definition) is 1. The van der Waals surface area contributed by atoms with E-state index in [1.807, 2.05) is 24.3 Å². The minimum atomic E-state index is 0.140. The summed E-state index contributed by atoms with van der Waals surface area (Å²) in [5.41, 5.74) is 1.13. The zero-order valence-corrected chi connectivity index (χ0v) is 13.8. The van der Waals surface area contributed by atoms with Gasteiger partial charge in [-0.05, 0) is 48.8 Å². The van der Waals surface area contributed by atoms with Crippen LogP contribution in [0.4, 0.5) is 0 Å². The van der Waals surface area contributed by atoms with E-state index >= 15 is 0 Å². The van der Waals surface area contributed by atoms with Gasteiger partial charge in [-0.1, -0.05) is 24.3 Å². The number of nitrogens with one attached hydrogen (secondary N) is 1. The van der Waals surface area contributed by atoms with E-state index in [1.165, 1.54) is 4.88 Å². The molecule has 0 atom stereocenters. The fraction of sp³-hybridized carbons (Fsp3) is 0.389. The van der Waals surface area contributed by atoms with Gasteiger partial charge in [0, 0.05) is 17.8 Å². The Morgan fingerprint density at radius 1 is 1.14 bits per heavy atom. The highest BCUT2D eigenvalue weighted by Gasteiger charge is 2.04. The topological polar surface area (TPSA) is 38.3 Å². The van der Waals surface area contributed by atoms with Gasteiger partial charge in [0.15, 0.2) is 0 Å². The monoisotopic (exact) mass is 317 g/mol. The standard InChI is InChI=1S/C18H23NO2S/c1-21-17-10-4-2-7-15(17)12-13-19-18(20)11-5-3-8-16-9-6-14-22-16/h2,4,6-7,9-10,14H,3,5,8,11-13H2,1H3,(H,19,20). The first-order chi connectivity index (χ1) is 10.8. The largest absolute Gasteiger partial charge is 0.496 e. The summed E-state index contributed by atoms with van der Waals surface area (Å²) in [6.07, 6.45) is 4.49. The first-order valence-electron chi connectivity index (χ1n) is 7.70. The molecule has 1 heterocycles. The predicted octanol–water partition coefficient (Wildman–Crippen LogP) is 3.83. The number of unbranched alkanes of at least 4 members (excludes halogenated alkanes) is 1. The highest BCUT2D eigenvalue weighted by molar-refractivity contribution is 7.09. The molecule has 0 unspecified atom stereocenters. The van der Waals surface area contributed by atoms with Crippen molar-refractivity contribution in [3.8, 4) is 5.75 Å². The third-order valence-corrected chi connectivity index (χ3v) is 4.50. The molecule has 0 aliphatic rings. The molecule has 0 radical (unpaired) electrons. The smallest absolute Gasteiger partial charge is 0.220 e. The quantitative estimate of drug-likeness (QED) is 0.714. The zero-order chi connectivity index (χ0) is 15.6. The third kappa shape index (κ3) is 5.53. The van der Waals surface area contributed by atoms with Crippen LogP contribution in [0.2, 0.25) is 0 Å². The van der Waals surface area contributed by atoms with E-state index in [4.69, 9.17) is 4.74 Å². The summed E-state index contributed by atoms with van der Waals surface area (Å²) in [6.45, 7) is 0.657. The number of benzene rings is 1. The maximum atomic E-state index is 11.8. The lowest BCUT2D eigenvalue weighted by Crippen LogP contribution is -2.25. The van der Waals surface area contributed by atoms with Crippen LogP contribution >= 0.6 is 11.3 Å². The lowest BCUT2D eigenvalue weighted by atomic mass is 10.1. The minimum Gasteiger partial charge on any atom is -0.496 e. The Morgan fingerprint density at radius 3 is 2.77 bits per heavy atom. The van der Waals surface area contributed by atoms with E-state index in [1.54, 1.807) is 18.4 Å². The van der Waals surface area contributed by atoms with Crippen LogP contribution in [0.15, 0.2) is 41.8 Å². The van der Waals surface area contributed by atoms with E-state index in [0.717, 1.165) is 37.0 Å². The lowest BCUT2D eigenvalue weighted by molar-refractivity contribution is -0.121. The summed E-state index contributed by atoms with van der Waals surface area (Å²) in [7, 11) is 1.67. The fourth-order valence-electron chi connectivity index (χ4n) is 2.37. The van der Waals surface area contributed by atoms with Crippen LogP contribution in [0.3, 0.4) is 0 Å². The second kappa shape index (κ2) is 9.26. The average molecular weight is 317 g/mol. The van der Waals surface area contributed by atoms with Crippen molar-refractivity contribution in [1.82, 2.24) is 5.32 Å². The van der Waals surface area contributed by atoms with Gasteiger partial charge in [0.2, 0.25) is 5.91 Å². The molecule has 0 aliphatic carbocycles. The molecule has 4 heteroatoms. The summed E-state index contributed by atoms with van der Waals surface area (Å²) in [6, 6.07) is 12.1. The highest BCUT2D eigenvalue weighted by Crippen LogP contribution is 2.17. The summed E-state index contributed by atoms with van der Waals surface area (Å²) in [4.78, 5) is 13.2. The van der Waals surface area contributed by atoms with Crippen molar-refractivity contribution in [2.24, 2.45) is 0 Å². The van der Waals surface area contributed by atoms with Crippen molar-refractivity contribution in [3.05, 3.63) is 52.2 Å². The normalized spacial score (nSPS) is 10.4. The molecule has 22 heavy (non-hydrogen) atoms. The molecule has 0 aliphatic heterocycles. The molecule has 0 bridgehead atoms. The van der Waals surface area contributed by atoms with Gasteiger partial charge in [0.05, 0.1) is 7.11 Å². The summed E-state index contributed by atoms with van der Waals surface area (Å²) >= 11 is 1.78. The number of methoxy groups -OCH3 is 1. The van der Waals surface area contributed by atoms with Crippen LogP contribution in [0.1, 0.15) is 29.7 Å². The van der Waals surface area contributed by atoms with Crippen LogP contribution in [-0.4, -0.2) is 19.6 Å². The van der Waals surface area contributed by atoms with Crippen molar-refractivity contribution in [2.75, 3.05) is 13.7 Å². The molecule has 1 aromatic carbocycles. The number of rotatable bonds is 9. The van der Waals surface area contributed by atoms with Crippen molar-refractivity contribution >= 4 is 17.2 Å². The molecular formula is C18H23NO2S. The number of hydrogen-bond acceptors (Lipinski definition) is 3. The van der Waals surface area contributed by atoms with Gasteiger partial charge in [0.25, 0.3) is 0 Å². The van der Waals surface area contributed by atoms with Crippen LogP contribution in [0.25, 0.3) is 0 Å². The molecule has 1 amide bonds. The molecule has 0 saturated heterocycles. The summed E-state index contributed by atoms with van der Waals surface area (Å²) < 4.78 is 5.31. The maximum absolute atomic E-state index is 11.8. The predicted molar refractivity (Wildman–Crippen MR) is 91.6 cm³/mol. The molecule has 1 N–H and O–H groups in total. The van der Waals surface area contributed by atoms with Gasteiger partial charge in [-0.15, -0.1) is 11.3 Å². The van der Waals surface area contributed by atoms with Crippen molar-refractivity contribution in [2.45, 2.75) is 32.1 Å². The Balaban J connectivity index is 1.59. The van der Waals surface area contributed by atoms with Crippen molar-refractivity contribution < 1.29 is 9.53 Å². The van der Waals surface area contributed by atoms with Gasteiger partial charge >= 0.3 is 0 Å². The maximum Gasteiger partial charge on any atom is 0.220 e. The molecule has 2 rings (SSSR count). The van der Waals surface area contributed by atoms with E-state index in [-0.39, 0.29) is 5.91 Å². The second-order valence-electron chi connectivity index (χ2n) is 5.20. The first-order valence-corrected chi connectivity index (χ1v) is 8.58. The van der Waals surface area contributed by atoms with E-state index in [9.17, 15) is 4.79 Å². The summed E-state index contributed by atoms with van der Waals surface area (Å²) in [5, 5.41) is 5.08. The number of carbonyl (C=O) groups is 1. The Morgan fingerprint density at radius 2 is 2.00 bits per heavy atom. The summed E-state index contributed by atoms with van der Waals surface area (Å²) in [5.74, 6) is 1.02. The number of amides is 1. The molecule has 2 aromatic rings. The lowest BCUT2D eigenvalue weighted by Gasteiger charge is -2.09. The van der Waals surface area contributed by atoms with Crippen molar-refractivity contribution in [3.63, 3.8) is 0 Å². The Kier molecular flexibility index (Phi) is 6.97. The molecule has 118 valence electrons. The van der Waals surface area contributed by atoms with Gasteiger partial charge in [-0.3, -0.25) is 4.79 Å². The highest BCUT2D eigenvalue weighted by atomic mass is 32.1. The number of carbonyl (C=O) groups excluding carboxylic acids is 1. The van der Waals surface area contributed by atoms with Crippen LogP contribution in [0.5, 0.6) is 5.75 Å². The molecule has 0 spiro atoms. The number of aryl methyl sites for hydroxylation is 1. The van der Waals surface area contributed by atoms with E-state index < -0.39 is 0 Å². The van der Waals surface area contributed by atoms with Crippen LogP contribution in [0, 0.1) is 0 Å². The third-order valence-electron chi connectivity index (χ3n) is 3.57. The Hall–Kier alpha value is -1.81. The second-order valence-corrected chi connectivity index (χ2v) is 6.23. The van der Waals surface area contributed by atoms with E-state index in [2.05, 4.69) is 22.8 Å². The molecule has 0 fully saturated rings. The van der Waals surface area contributed by atoms with E-state index in [0.29, 0.717) is 13.0 Å².